The second-order valence-corrected chi connectivity index (χ2v) is 5.64. The van der Waals surface area contributed by atoms with Gasteiger partial charge >= 0.3 is 0 Å². The van der Waals surface area contributed by atoms with Crippen molar-refractivity contribution in [2.75, 3.05) is 17.7 Å². The summed E-state index contributed by atoms with van der Waals surface area (Å²) in [7, 11) is 0. The number of hydrogen-bond donors (Lipinski definition) is 2. The minimum Gasteiger partial charge on any atom is -0.493 e. The fraction of sp³-hybridized carbons (Fsp3) is 0.111. The van der Waals surface area contributed by atoms with Crippen molar-refractivity contribution in [2.45, 2.75) is 6.92 Å². The molecule has 3 aromatic rings. The second-order valence-electron chi connectivity index (χ2n) is 5.20. The predicted octanol–water partition coefficient (Wildman–Crippen LogP) is 4.66. The molecule has 0 aliphatic carbocycles. The molecule has 5 nitrogen and oxygen atoms in total. The van der Waals surface area contributed by atoms with E-state index in [1.54, 1.807) is 36.4 Å². The number of nitrogens with two attached hydrogens (primary N) is 1. The summed E-state index contributed by atoms with van der Waals surface area (Å²) >= 11 is 6.11. The van der Waals surface area contributed by atoms with E-state index in [9.17, 15) is 4.39 Å². The van der Waals surface area contributed by atoms with Gasteiger partial charge in [0.2, 0.25) is 5.95 Å². The zero-order valence-corrected chi connectivity index (χ0v) is 14.2. The number of aromatic nitrogens is 2. The van der Waals surface area contributed by atoms with Gasteiger partial charge in [0.25, 0.3) is 0 Å². The van der Waals surface area contributed by atoms with Crippen molar-refractivity contribution in [3.63, 3.8) is 0 Å². The highest BCUT2D eigenvalue weighted by molar-refractivity contribution is 6.31. The van der Waals surface area contributed by atoms with Crippen LogP contribution in [-0.2, 0) is 0 Å². The minimum atomic E-state index is -0.311. The van der Waals surface area contributed by atoms with Gasteiger partial charge in [0.15, 0.2) is 0 Å². The normalized spacial score (nSPS) is 10.5. The molecule has 0 fully saturated rings. The topological polar surface area (TPSA) is 73.1 Å². The largest absolute Gasteiger partial charge is 0.493 e. The quantitative estimate of drug-likeness (QED) is 0.693. The van der Waals surface area contributed by atoms with Gasteiger partial charge in [-0.2, -0.15) is 4.98 Å². The van der Waals surface area contributed by atoms with E-state index in [1.165, 1.54) is 12.1 Å². The van der Waals surface area contributed by atoms with Crippen LogP contribution in [0.5, 0.6) is 5.75 Å². The molecule has 2 aromatic carbocycles. The van der Waals surface area contributed by atoms with Crippen LogP contribution in [0.15, 0.2) is 48.5 Å². The van der Waals surface area contributed by atoms with Gasteiger partial charge < -0.3 is 15.8 Å². The average molecular weight is 359 g/mol. The molecule has 0 unspecified atom stereocenters. The van der Waals surface area contributed by atoms with E-state index in [-0.39, 0.29) is 11.8 Å². The third-order valence-electron chi connectivity index (χ3n) is 3.38. The molecule has 3 rings (SSSR count). The van der Waals surface area contributed by atoms with Crippen LogP contribution in [0.1, 0.15) is 6.92 Å². The second kappa shape index (κ2) is 7.36. The molecule has 1 heterocycles. The lowest BCUT2D eigenvalue weighted by Gasteiger charge is -2.12. The van der Waals surface area contributed by atoms with E-state index in [0.29, 0.717) is 40.1 Å². The van der Waals surface area contributed by atoms with Gasteiger partial charge in [0, 0.05) is 22.3 Å². The highest BCUT2D eigenvalue weighted by Gasteiger charge is 2.12. The number of ether oxygens (including phenoxy) is 1. The van der Waals surface area contributed by atoms with E-state index < -0.39 is 0 Å². The SMILES string of the molecule is CCOc1ccc(Cl)cc1-c1cc(Nc2ccc(F)cc2)nc(N)n1. The zero-order chi connectivity index (χ0) is 17.8. The number of anilines is 3. The molecular weight excluding hydrogens is 343 g/mol. The van der Waals surface area contributed by atoms with Crippen molar-refractivity contribution in [3.8, 4) is 17.0 Å². The number of halogens is 2. The van der Waals surface area contributed by atoms with E-state index in [4.69, 9.17) is 22.1 Å². The Labute approximate surface area is 149 Å². The average Bonchev–Trinajstić information content (AvgIpc) is 2.58. The van der Waals surface area contributed by atoms with Crippen molar-refractivity contribution < 1.29 is 9.13 Å². The first-order valence-electron chi connectivity index (χ1n) is 7.65. The van der Waals surface area contributed by atoms with Crippen LogP contribution in [-0.4, -0.2) is 16.6 Å². The molecule has 25 heavy (non-hydrogen) atoms. The molecule has 0 aliphatic heterocycles. The lowest BCUT2D eigenvalue weighted by atomic mass is 10.1. The summed E-state index contributed by atoms with van der Waals surface area (Å²) in [4.78, 5) is 8.44. The maximum absolute atomic E-state index is 13.0. The number of nitrogens with zero attached hydrogens (tertiary/aromatic N) is 2. The smallest absolute Gasteiger partial charge is 0.222 e. The minimum absolute atomic E-state index is 0.101. The van der Waals surface area contributed by atoms with Gasteiger partial charge in [-0.05, 0) is 49.4 Å². The monoisotopic (exact) mass is 358 g/mol. The Morgan fingerprint density at radius 3 is 2.60 bits per heavy atom. The molecule has 0 saturated carbocycles. The highest BCUT2D eigenvalue weighted by Crippen LogP contribution is 2.33. The van der Waals surface area contributed by atoms with Gasteiger partial charge in [-0.15, -0.1) is 0 Å². The molecule has 0 aliphatic rings. The number of hydrogen-bond acceptors (Lipinski definition) is 5. The molecule has 0 atom stereocenters. The number of nitrogen functional groups attached to an aromatic ring is 1. The molecule has 0 spiro atoms. The van der Waals surface area contributed by atoms with E-state index in [0.717, 1.165) is 0 Å². The van der Waals surface area contributed by atoms with Crippen LogP contribution in [0.3, 0.4) is 0 Å². The van der Waals surface area contributed by atoms with Crippen molar-refractivity contribution >= 4 is 29.1 Å². The van der Waals surface area contributed by atoms with E-state index in [1.807, 2.05) is 6.92 Å². The first-order chi connectivity index (χ1) is 12.0. The molecule has 7 heteroatoms. The van der Waals surface area contributed by atoms with Crippen LogP contribution in [0, 0.1) is 5.82 Å². The van der Waals surface area contributed by atoms with Gasteiger partial charge in [-0.3, -0.25) is 0 Å². The van der Waals surface area contributed by atoms with Crippen LogP contribution >= 0.6 is 11.6 Å². The van der Waals surface area contributed by atoms with Crippen LogP contribution in [0.2, 0.25) is 5.02 Å². The summed E-state index contributed by atoms with van der Waals surface area (Å²) in [6.07, 6.45) is 0. The lowest BCUT2D eigenvalue weighted by Crippen LogP contribution is -2.02. The molecule has 3 N–H and O–H groups in total. The summed E-state index contributed by atoms with van der Waals surface area (Å²) in [6.45, 7) is 2.41. The first-order valence-corrected chi connectivity index (χ1v) is 8.03. The van der Waals surface area contributed by atoms with Crippen LogP contribution in [0.25, 0.3) is 11.3 Å². The van der Waals surface area contributed by atoms with Crippen molar-refractivity contribution in [3.05, 3.63) is 59.4 Å². The highest BCUT2D eigenvalue weighted by atomic mass is 35.5. The molecule has 128 valence electrons. The maximum Gasteiger partial charge on any atom is 0.222 e. The van der Waals surface area contributed by atoms with Crippen molar-refractivity contribution in [1.82, 2.24) is 9.97 Å². The fourth-order valence-corrected chi connectivity index (χ4v) is 2.50. The number of nitrogens with one attached hydrogen (secondary N) is 1. The summed E-state index contributed by atoms with van der Waals surface area (Å²) in [5, 5.41) is 3.64. The predicted molar refractivity (Wildman–Crippen MR) is 97.7 cm³/mol. The van der Waals surface area contributed by atoms with Crippen molar-refractivity contribution in [2.24, 2.45) is 0 Å². The third-order valence-corrected chi connectivity index (χ3v) is 3.61. The molecular formula is C18H16ClFN4O. The van der Waals surface area contributed by atoms with Crippen LogP contribution < -0.4 is 15.8 Å². The first kappa shape index (κ1) is 17.0. The summed E-state index contributed by atoms with van der Waals surface area (Å²) < 4.78 is 18.7. The zero-order valence-electron chi connectivity index (χ0n) is 13.5. The Balaban J connectivity index is 1.99. The Bertz CT molecular complexity index is 887. The van der Waals surface area contributed by atoms with E-state index >= 15 is 0 Å². The Kier molecular flexibility index (Phi) is 5.00. The van der Waals surface area contributed by atoms with Gasteiger partial charge in [0.05, 0.1) is 12.3 Å². The molecule has 1 aromatic heterocycles. The summed E-state index contributed by atoms with van der Waals surface area (Å²) in [5.74, 6) is 0.924. The number of rotatable bonds is 5. The number of benzene rings is 2. The fourth-order valence-electron chi connectivity index (χ4n) is 2.33. The third kappa shape index (κ3) is 4.16. The molecule has 0 amide bonds. The summed E-state index contributed by atoms with van der Waals surface area (Å²) in [6, 6.07) is 13.0. The maximum atomic E-state index is 13.0. The lowest BCUT2D eigenvalue weighted by molar-refractivity contribution is 0.341. The Morgan fingerprint density at radius 2 is 1.88 bits per heavy atom. The Hall–Kier alpha value is -2.86. The van der Waals surface area contributed by atoms with Crippen LogP contribution in [0.4, 0.5) is 21.8 Å². The van der Waals surface area contributed by atoms with Crippen molar-refractivity contribution in [1.29, 1.82) is 0 Å². The standard InChI is InChI=1S/C18H16ClFN4O/c1-2-25-16-8-3-11(19)9-14(16)15-10-17(24-18(21)23-15)22-13-6-4-12(20)5-7-13/h3-10H,2H2,1H3,(H3,21,22,23,24). The van der Waals surface area contributed by atoms with Gasteiger partial charge in [0.1, 0.15) is 17.4 Å². The summed E-state index contributed by atoms with van der Waals surface area (Å²) in [5.41, 5.74) is 7.81. The van der Waals surface area contributed by atoms with E-state index in [2.05, 4.69) is 15.3 Å². The molecule has 0 bridgehead atoms. The van der Waals surface area contributed by atoms with Gasteiger partial charge in [-0.1, -0.05) is 11.6 Å². The Morgan fingerprint density at radius 1 is 1.12 bits per heavy atom. The molecule has 0 saturated heterocycles. The molecule has 0 radical (unpaired) electrons. The van der Waals surface area contributed by atoms with Gasteiger partial charge in [-0.25, -0.2) is 9.37 Å².